The summed E-state index contributed by atoms with van der Waals surface area (Å²) in [5.74, 6) is 0.698. The Morgan fingerprint density at radius 2 is 2.47 bits per heavy atom. The van der Waals surface area contributed by atoms with Gasteiger partial charge in [0, 0.05) is 18.9 Å². The molecule has 0 radical (unpaired) electrons. The fourth-order valence-electron chi connectivity index (χ4n) is 1.70. The van der Waals surface area contributed by atoms with Crippen LogP contribution in [0.1, 0.15) is 24.8 Å². The van der Waals surface area contributed by atoms with Crippen LogP contribution in [0.4, 0.5) is 0 Å². The minimum atomic E-state index is 0.251. The monoisotopic (exact) mass is 207 g/mol. The molecule has 0 N–H and O–H groups in total. The molecule has 0 bridgehead atoms. The topological polar surface area (TPSA) is 31.4 Å². The molecule has 2 heterocycles. The van der Waals surface area contributed by atoms with Gasteiger partial charge in [0.1, 0.15) is 6.61 Å². The fraction of sp³-hybridized carbons (Fsp3) is 0.583. The van der Waals surface area contributed by atoms with Gasteiger partial charge in [0.25, 0.3) is 0 Å². The third kappa shape index (κ3) is 3.20. The third-order valence-corrected chi connectivity index (χ3v) is 2.58. The molecule has 2 rings (SSSR count). The Kier molecular flexibility index (Phi) is 3.56. The van der Waals surface area contributed by atoms with Crippen LogP contribution >= 0.6 is 0 Å². The first kappa shape index (κ1) is 10.4. The molecule has 1 aliphatic rings. The van der Waals surface area contributed by atoms with E-state index in [0.29, 0.717) is 12.5 Å². The van der Waals surface area contributed by atoms with Crippen LogP contribution in [0, 0.1) is 6.92 Å². The number of ether oxygens (including phenoxy) is 2. The van der Waals surface area contributed by atoms with Gasteiger partial charge in [-0.25, -0.2) is 4.98 Å². The first-order valence-corrected chi connectivity index (χ1v) is 5.51. The Labute approximate surface area is 90.4 Å². The average molecular weight is 207 g/mol. The van der Waals surface area contributed by atoms with Gasteiger partial charge in [0.2, 0.25) is 5.88 Å². The molecule has 1 saturated heterocycles. The largest absolute Gasteiger partial charge is 0.475 e. The second kappa shape index (κ2) is 5.12. The quantitative estimate of drug-likeness (QED) is 0.762. The number of aromatic nitrogens is 1. The normalized spacial score (nSPS) is 21.3. The zero-order valence-electron chi connectivity index (χ0n) is 9.11. The molecule has 0 amide bonds. The van der Waals surface area contributed by atoms with Crippen molar-refractivity contribution in [1.29, 1.82) is 0 Å². The van der Waals surface area contributed by atoms with E-state index in [0.717, 1.165) is 13.0 Å². The van der Waals surface area contributed by atoms with E-state index in [1.165, 1.54) is 18.4 Å². The first-order chi connectivity index (χ1) is 7.34. The van der Waals surface area contributed by atoms with Gasteiger partial charge in [0.15, 0.2) is 0 Å². The summed E-state index contributed by atoms with van der Waals surface area (Å²) < 4.78 is 11.2. The molecule has 1 aromatic heterocycles. The molecule has 3 heteroatoms. The maximum absolute atomic E-state index is 5.59. The van der Waals surface area contributed by atoms with E-state index in [9.17, 15) is 0 Å². The predicted molar refractivity (Wildman–Crippen MR) is 58.1 cm³/mol. The number of nitrogens with zero attached hydrogens (tertiary/aromatic N) is 1. The van der Waals surface area contributed by atoms with E-state index < -0.39 is 0 Å². The van der Waals surface area contributed by atoms with E-state index in [1.54, 1.807) is 6.20 Å². The van der Waals surface area contributed by atoms with Crippen LogP contribution in [0.15, 0.2) is 18.3 Å². The summed E-state index contributed by atoms with van der Waals surface area (Å²) in [6, 6.07) is 3.91. The Bertz CT molecular complexity index is 308. The molecule has 1 aliphatic heterocycles. The molecule has 0 spiro atoms. The Hall–Kier alpha value is -1.09. The summed E-state index contributed by atoms with van der Waals surface area (Å²) in [5.41, 5.74) is 1.17. The van der Waals surface area contributed by atoms with Crippen LogP contribution in [-0.4, -0.2) is 24.3 Å². The zero-order valence-corrected chi connectivity index (χ0v) is 9.11. The molecule has 15 heavy (non-hydrogen) atoms. The van der Waals surface area contributed by atoms with Crippen molar-refractivity contribution in [2.45, 2.75) is 32.3 Å². The minimum absolute atomic E-state index is 0.251. The molecule has 1 aromatic rings. The Morgan fingerprint density at radius 3 is 3.20 bits per heavy atom. The van der Waals surface area contributed by atoms with Gasteiger partial charge >= 0.3 is 0 Å². The number of aryl methyl sites for hydroxylation is 1. The molecule has 0 aromatic carbocycles. The standard InChI is InChI=1S/C12H17NO2/c1-10-5-6-13-12(8-10)15-9-11-4-2-3-7-14-11/h5-6,8,11H,2-4,7,9H2,1H3. The van der Waals surface area contributed by atoms with Gasteiger partial charge < -0.3 is 9.47 Å². The molecular weight excluding hydrogens is 190 g/mol. The fourth-order valence-corrected chi connectivity index (χ4v) is 1.70. The van der Waals surface area contributed by atoms with E-state index in [-0.39, 0.29) is 6.10 Å². The smallest absolute Gasteiger partial charge is 0.213 e. The van der Waals surface area contributed by atoms with Crippen molar-refractivity contribution in [2.24, 2.45) is 0 Å². The molecule has 1 fully saturated rings. The second-order valence-electron chi connectivity index (χ2n) is 3.97. The Morgan fingerprint density at radius 1 is 1.53 bits per heavy atom. The summed E-state index contributed by atoms with van der Waals surface area (Å²) in [7, 11) is 0. The molecular formula is C12H17NO2. The molecule has 0 saturated carbocycles. The van der Waals surface area contributed by atoms with E-state index >= 15 is 0 Å². The van der Waals surface area contributed by atoms with Crippen LogP contribution in [0.3, 0.4) is 0 Å². The van der Waals surface area contributed by atoms with Crippen LogP contribution in [0.25, 0.3) is 0 Å². The summed E-state index contributed by atoms with van der Waals surface area (Å²) in [6.07, 6.45) is 5.55. The van der Waals surface area contributed by atoms with Crippen LogP contribution in [-0.2, 0) is 4.74 Å². The van der Waals surface area contributed by atoms with E-state index in [2.05, 4.69) is 4.98 Å². The second-order valence-corrected chi connectivity index (χ2v) is 3.97. The summed E-state index contributed by atoms with van der Waals surface area (Å²) in [6.45, 7) is 3.53. The average Bonchev–Trinajstić information content (AvgIpc) is 2.28. The summed E-state index contributed by atoms with van der Waals surface area (Å²) in [5, 5.41) is 0. The minimum Gasteiger partial charge on any atom is -0.475 e. The van der Waals surface area contributed by atoms with Crippen molar-refractivity contribution in [1.82, 2.24) is 4.98 Å². The molecule has 3 nitrogen and oxygen atoms in total. The van der Waals surface area contributed by atoms with Gasteiger partial charge in [-0.3, -0.25) is 0 Å². The predicted octanol–water partition coefficient (Wildman–Crippen LogP) is 2.34. The SMILES string of the molecule is Cc1ccnc(OCC2CCCCO2)c1. The summed E-state index contributed by atoms with van der Waals surface area (Å²) in [4.78, 5) is 4.15. The van der Waals surface area contributed by atoms with Crippen molar-refractivity contribution in [3.05, 3.63) is 23.9 Å². The van der Waals surface area contributed by atoms with Crippen molar-refractivity contribution in [3.63, 3.8) is 0 Å². The Balaban J connectivity index is 1.81. The van der Waals surface area contributed by atoms with Gasteiger partial charge in [-0.1, -0.05) is 0 Å². The van der Waals surface area contributed by atoms with Gasteiger partial charge in [-0.2, -0.15) is 0 Å². The van der Waals surface area contributed by atoms with Crippen molar-refractivity contribution >= 4 is 0 Å². The van der Waals surface area contributed by atoms with Gasteiger partial charge in [-0.15, -0.1) is 0 Å². The van der Waals surface area contributed by atoms with Crippen LogP contribution in [0.5, 0.6) is 5.88 Å². The summed E-state index contributed by atoms with van der Waals surface area (Å²) >= 11 is 0. The lowest BCUT2D eigenvalue weighted by molar-refractivity contribution is -0.0119. The van der Waals surface area contributed by atoms with Crippen molar-refractivity contribution in [3.8, 4) is 5.88 Å². The van der Waals surface area contributed by atoms with Crippen molar-refractivity contribution < 1.29 is 9.47 Å². The number of rotatable bonds is 3. The van der Waals surface area contributed by atoms with Gasteiger partial charge in [0.05, 0.1) is 6.10 Å². The lowest BCUT2D eigenvalue weighted by Crippen LogP contribution is -2.25. The van der Waals surface area contributed by atoms with Crippen molar-refractivity contribution in [2.75, 3.05) is 13.2 Å². The molecule has 1 unspecified atom stereocenters. The van der Waals surface area contributed by atoms with Crippen LogP contribution in [0.2, 0.25) is 0 Å². The molecule has 0 aliphatic carbocycles. The number of hydrogen-bond donors (Lipinski definition) is 0. The highest BCUT2D eigenvalue weighted by molar-refractivity contribution is 5.18. The van der Waals surface area contributed by atoms with E-state index in [4.69, 9.17) is 9.47 Å². The maximum atomic E-state index is 5.59. The first-order valence-electron chi connectivity index (χ1n) is 5.51. The van der Waals surface area contributed by atoms with Gasteiger partial charge in [-0.05, 0) is 37.8 Å². The zero-order chi connectivity index (χ0) is 10.5. The molecule has 82 valence electrons. The highest BCUT2D eigenvalue weighted by Gasteiger charge is 2.14. The highest BCUT2D eigenvalue weighted by atomic mass is 16.5. The third-order valence-electron chi connectivity index (χ3n) is 2.58. The maximum Gasteiger partial charge on any atom is 0.213 e. The number of hydrogen-bond acceptors (Lipinski definition) is 3. The molecule has 1 atom stereocenters. The van der Waals surface area contributed by atoms with Crippen LogP contribution < -0.4 is 4.74 Å². The highest BCUT2D eigenvalue weighted by Crippen LogP contribution is 2.14. The lowest BCUT2D eigenvalue weighted by Gasteiger charge is -2.22. The lowest BCUT2D eigenvalue weighted by atomic mass is 10.1. The number of pyridine rings is 1. The van der Waals surface area contributed by atoms with E-state index in [1.807, 2.05) is 19.1 Å².